The minimum Gasteiger partial charge on any atom is -0.496 e. The van der Waals surface area contributed by atoms with Crippen LogP contribution in [0.5, 0.6) is 5.75 Å². The van der Waals surface area contributed by atoms with E-state index in [1.54, 1.807) is 30.3 Å². The molecular weight excluding hydrogens is 366 g/mol. The number of halogens is 1. The Bertz CT molecular complexity index is 899. The fourth-order valence-electron chi connectivity index (χ4n) is 2.11. The molecule has 1 heterocycles. The van der Waals surface area contributed by atoms with Crippen LogP contribution in [0.3, 0.4) is 0 Å². The van der Waals surface area contributed by atoms with Gasteiger partial charge in [-0.2, -0.15) is 0 Å². The van der Waals surface area contributed by atoms with Crippen molar-refractivity contribution in [2.75, 3.05) is 7.11 Å². The number of methoxy groups -OCH3 is 1. The molecule has 1 aromatic heterocycles. The van der Waals surface area contributed by atoms with Crippen LogP contribution < -0.4 is 4.74 Å². The average Bonchev–Trinajstić information content (AvgIpc) is 3.09. The second-order valence-electron chi connectivity index (χ2n) is 4.92. The molecule has 0 spiro atoms. The van der Waals surface area contributed by atoms with Gasteiger partial charge in [0.05, 0.1) is 12.0 Å². The Morgan fingerprint density at radius 3 is 2.68 bits per heavy atom. The monoisotopic (exact) mass is 377 g/mol. The maximum absolute atomic E-state index is 10.9. The predicted octanol–water partition coefficient (Wildman–Crippen LogP) is 4.60. The van der Waals surface area contributed by atoms with Crippen LogP contribution in [0.1, 0.15) is 5.56 Å². The molecule has 0 saturated carbocycles. The molecule has 0 fully saturated rings. The molecule has 0 bridgehead atoms. The molecule has 0 radical (unpaired) electrons. The number of rotatable bonds is 6. The number of nitrogens with zero attached hydrogens (tertiary/aromatic N) is 3. The van der Waals surface area contributed by atoms with E-state index in [1.165, 1.54) is 31.0 Å². The van der Waals surface area contributed by atoms with E-state index in [1.807, 2.05) is 0 Å². The van der Waals surface area contributed by atoms with E-state index < -0.39 is 4.92 Å². The van der Waals surface area contributed by atoms with E-state index in [0.29, 0.717) is 33.2 Å². The van der Waals surface area contributed by atoms with E-state index in [0.717, 1.165) is 5.56 Å². The number of benzene rings is 2. The molecular formula is C16H12ClN3O4S. The number of nitro groups is 1. The second kappa shape index (κ2) is 7.54. The molecule has 0 aliphatic heterocycles. The van der Waals surface area contributed by atoms with Gasteiger partial charge in [0.25, 0.3) is 10.9 Å². The minimum atomic E-state index is -0.445. The summed E-state index contributed by atoms with van der Waals surface area (Å²) in [5.74, 6) is 1.34. The smallest absolute Gasteiger partial charge is 0.277 e. The summed E-state index contributed by atoms with van der Waals surface area (Å²) < 4.78 is 10.8. The Morgan fingerprint density at radius 1 is 1.24 bits per heavy atom. The Labute approximate surface area is 152 Å². The van der Waals surface area contributed by atoms with Gasteiger partial charge in [0.1, 0.15) is 5.75 Å². The number of hydrogen-bond donors (Lipinski definition) is 0. The van der Waals surface area contributed by atoms with Crippen molar-refractivity contribution in [2.24, 2.45) is 0 Å². The highest BCUT2D eigenvalue weighted by atomic mass is 35.5. The van der Waals surface area contributed by atoms with Gasteiger partial charge in [-0.1, -0.05) is 23.4 Å². The van der Waals surface area contributed by atoms with Gasteiger partial charge >= 0.3 is 0 Å². The lowest BCUT2D eigenvalue weighted by Crippen LogP contribution is -1.94. The SMILES string of the molecule is COc1ccc([N+](=O)[O-])cc1CSc1nnc(-c2ccc(Cl)cc2)o1. The molecule has 25 heavy (non-hydrogen) atoms. The van der Waals surface area contributed by atoms with Gasteiger partial charge in [0.15, 0.2) is 0 Å². The van der Waals surface area contributed by atoms with E-state index in [4.69, 9.17) is 20.8 Å². The fourth-order valence-corrected chi connectivity index (χ4v) is 2.98. The normalized spacial score (nSPS) is 10.6. The zero-order valence-corrected chi connectivity index (χ0v) is 14.6. The van der Waals surface area contributed by atoms with E-state index >= 15 is 0 Å². The fraction of sp³-hybridized carbons (Fsp3) is 0.125. The molecule has 2 aromatic carbocycles. The van der Waals surface area contributed by atoms with Gasteiger partial charge in [-0.3, -0.25) is 10.1 Å². The third-order valence-electron chi connectivity index (χ3n) is 3.32. The van der Waals surface area contributed by atoms with Crippen molar-refractivity contribution in [3.05, 3.63) is 63.2 Å². The second-order valence-corrected chi connectivity index (χ2v) is 6.28. The van der Waals surface area contributed by atoms with Crippen LogP contribution in [0.4, 0.5) is 5.69 Å². The van der Waals surface area contributed by atoms with Crippen molar-refractivity contribution in [1.82, 2.24) is 10.2 Å². The zero-order valence-electron chi connectivity index (χ0n) is 13.0. The first-order valence-electron chi connectivity index (χ1n) is 7.10. The number of thioether (sulfide) groups is 1. The van der Waals surface area contributed by atoms with Crippen LogP contribution >= 0.6 is 23.4 Å². The summed E-state index contributed by atoms with van der Waals surface area (Å²) in [6.07, 6.45) is 0. The predicted molar refractivity (Wildman–Crippen MR) is 94.0 cm³/mol. The summed E-state index contributed by atoms with van der Waals surface area (Å²) >= 11 is 7.13. The number of aromatic nitrogens is 2. The maximum Gasteiger partial charge on any atom is 0.277 e. The number of non-ortho nitro benzene ring substituents is 1. The van der Waals surface area contributed by atoms with Gasteiger partial charge in [-0.05, 0) is 30.3 Å². The largest absolute Gasteiger partial charge is 0.496 e. The van der Waals surface area contributed by atoms with Crippen molar-refractivity contribution in [3.63, 3.8) is 0 Å². The molecule has 0 atom stereocenters. The highest BCUT2D eigenvalue weighted by Gasteiger charge is 2.14. The molecule has 3 rings (SSSR count). The highest BCUT2D eigenvalue weighted by molar-refractivity contribution is 7.98. The van der Waals surface area contributed by atoms with Crippen LogP contribution in [0.25, 0.3) is 11.5 Å². The van der Waals surface area contributed by atoms with E-state index in [-0.39, 0.29) is 5.69 Å². The van der Waals surface area contributed by atoms with E-state index in [2.05, 4.69) is 10.2 Å². The van der Waals surface area contributed by atoms with E-state index in [9.17, 15) is 10.1 Å². The zero-order chi connectivity index (χ0) is 17.8. The van der Waals surface area contributed by atoms with Crippen molar-refractivity contribution < 1.29 is 14.1 Å². The van der Waals surface area contributed by atoms with Gasteiger partial charge in [-0.25, -0.2) is 0 Å². The first-order chi connectivity index (χ1) is 12.1. The van der Waals surface area contributed by atoms with Gasteiger partial charge in [0, 0.05) is 34.0 Å². The molecule has 0 N–H and O–H groups in total. The van der Waals surface area contributed by atoms with Crippen molar-refractivity contribution in [3.8, 4) is 17.2 Å². The van der Waals surface area contributed by atoms with Crippen LogP contribution in [-0.4, -0.2) is 22.2 Å². The van der Waals surface area contributed by atoms with Crippen LogP contribution in [-0.2, 0) is 5.75 Å². The molecule has 3 aromatic rings. The number of ether oxygens (including phenoxy) is 1. The summed E-state index contributed by atoms with van der Waals surface area (Å²) in [4.78, 5) is 10.5. The summed E-state index contributed by atoms with van der Waals surface area (Å²) in [7, 11) is 1.51. The van der Waals surface area contributed by atoms with Crippen LogP contribution in [0.15, 0.2) is 52.1 Å². The summed E-state index contributed by atoms with van der Waals surface area (Å²) in [6.45, 7) is 0. The van der Waals surface area contributed by atoms with Crippen LogP contribution in [0, 0.1) is 10.1 Å². The van der Waals surface area contributed by atoms with Crippen LogP contribution in [0.2, 0.25) is 5.02 Å². The quantitative estimate of drug-likeness (QED) is 0.352. The topological polar surface area (TPSA) is 91.3 Å². The molecule has 7 nitrogen and oxygen atoms in total. The lowest BCUT2D eigenvalue weighted by molar-refractivity contribution is -0.384. The minimum absolute atomic E-state index is 0.00350. The molecule has 128 valence electrons. The molecule has 0 unspecified atom stereocenters. The Hall–Kier alpha value is -2.58. The molecule has 0 aliphatic rings. The Balaban J connectivity index is 1.75. The van der Waals surface area contributed by atoms with Gasteiger partial charge in [0.2, 0.25) is 5.89 Å². The lowest BCUT2D eigenvalue weighted by atomic mass is 10.2. The Morgan fingerprint density at radius 2 is 2.00 bits per heavy atom. The standard InChI is InChI=1S/C16H12ClN3O4S/c1-23-14-7-6-13(20(21)22)8-11(14)9-25-16-19-18-15(24-16)10-2-4-12(17)5-3-10/h2-8H,9H2,1H3. The molecule has 0 saturated heterocycles. The summed E-state index contributed by atoms with van der Waals surface area (Å²) in [5.41, 5.74) is 1.44. The molecule has 0 aliphatic carbocycles. The third-order valence-corrected chi connectivity index (χ3v) is 4.44. The average molecular weight is 378 g/mol. The highest BCUT2D eigenvalue weighted by Crippen LogP contribution is 2.31. The molecule has 0 amide bonds. The first-order valence-corrected chi connectivity index (χ1v) is 8.46. The Kier molecular flexibility index (Phi) is 5.20. The van der Waals surface area contributed by atoms with Crippen molar-refractivity contribution in [1.29, 1.82) is 0 Å². The lowest BCUT2D eigenvalue weighted by Gasteiger charge is -2.06. The van der Waals surface area contributed by atoms with Gasteiger partial charge < -0.3 is 9.15 Å². The summed E-state index contributed by atoms with van der Waals surface area (Å²) in [5, 5.41) is 19.9. The van der Waals surface area contributed by atoms with Gasteiger partial charge in [-0.15, -0.1) is 10.2 Å². The first kappa shape index (κ1) is 17.2. The van der Waals surface area contributed by atoms with Crippen molar-refractivity contribution in [2.45, 2.75) is 11.0 Å². The summed E-state index contributed by atoms with van der Waals surface area (Å²) in [6, 6.07) is 11.5. The van der Waals surface area contributed by atoms with Crippen molar-refractivity contribution >= 4 is 29.1 Å². The number of hydrogen-bond acceptors (Lipinski definition) is 7. The third kappa shape index (κ3) is 4.09. The maximum atomic E-state index is 10.9. The number of nitro benzene ring substituents is 1. The molecule has 9 heteroatoms.